The first-order chi connectivity index (χ1) is 7.54. The fraction of sp³-hybridized carbons (Fsp3) is 0.200. The van der Waals surface area contributed by atoms with E-state index in [9.17, 15) is 4.79 Å². The highest BCUT2D eigenvalue weighted by Gasteiger charge is 2.03. The molecule has 0 amide bonds. The molecule has 0 fully saturated rings. The Hall–Kier alpha value is -1.75. The highest BCUT2D eigenvalue weighted by molar-refractivity contribution is 6.34. The maximum Gasteiger partial charge on any atom is 0.351 e. The van der Waals surface area contributed by atoms with Crippen molar-refractivity contribution < 1.29 is 14.6 Å². The number of carboxylic acid groups (broad SMARTS) is 1. The molecular weight excluding hydrogens is 232 g/mol. The Bertz CT molecular complexity index is 432. The zero-order valence-electron chi connectivity index (χ0n) is 8.82. The number of anilines is 1. The Morgan fingerprint density at radius 1 is 1.56 bits per heavy atom. The third-order valence-electron chi connectivity index (χ3n) is 1.81. The maximum absolute atomic E-state index is 10.5. The van der Waals surface area contributed by atoms with Crippen LogP contribution in [0.15, 0.2) is 23.3 Å². The van der Waals surface area contributed by atoms with E-state index in [1.165, 1.54) is 14.0 Å². The number of halogens is 1. The van der Waals surface area contributed by atoms with Crippen LogP contribution in [0.1, 0.15) is 6.92 Å². The third kappa shape index (κ3) is 3.13. The number of ether oxygens (including phenoxy) is 1. The monoisotopic (exact) mass is 242 g/mol. The SMILES string of the molecule is COc1cc(N/N=C(\C)C(=O)O)ccc1Cl. The number of hydrogen-bond acceptors (Lipinski definition) is 4. The molecule has 0 saturated heterocycles. The molecule has 0 saturated carbocycles. The maximum atomic E-state index is 10.5. The van der Waals surface area contributed by atoms with Crippen molar-refractivity contribution in [1.82, 2.24) is 0 Å². The average molecular weight is 243 g/mol. The summed E-state index contributed by atoms with van der Waals surface area (Å²) in [7, 11) is 1.50. The second-order valence-corrected chi connectivity index (χ2v) is 3.37. The summed E-state index contributed by atoms with van der Waals surface area (Å²) in [5.41, 5.74) is 3.16. The minimum absolute atomic E-state index is 0.0334. The zero-order valence-corrected chi connectivity index (χ0v) is 9.58. The third-order valence-corrected chi connectivity index (χ3v) is 2.13. The highest BCUT2D eigenvalue weighted by atomic mass is 35.5. The Balaban J connectivity index is 2.83. The molecule has 0 atom stereocenters. The molecule has 2 N–H and O–H groups in total. The molecule has 0 bridgehead atoms. The van der Waals surface area contributed by atoms with Crippen LogP contribution in [-0.2, 0) is 4.79 Å². The Kier molecular flexibility index (Phi) is 4.13. The second kappa shape index (κ2) is 5.37. The van der Waals surface area contributed by atoms with E-state index in [0.29, 0.717) is 16.5 Å². The number of aliphatic carboxylic acids is 1. The molecule has 1 aromatic carbocycles. The van der Waals surface area contributed by atoms with Gasteiger partial charge in [-0.1, -0.05) is 11.6 Å². The van der Waals surface area contributed by atoms with Crippen LogP contribution in [0.5, 0.6) is 5.75 Å². The minimum Gasteiger partial charge on any atom is -0.495 e. The van der Waals surface area contributed by atoms with Gasteiger partial charge in [-0.2, -0.15) is 5.10 Å². The molecule has 0 aliphatic rings. The number of nitrogens with zero attached hydrogens (tertiary/aromatic N) is 1. The fourth-order valence-electron chi connectivity index (χ4n) is 0.926. The van der Waals surface area contributed by atoms with Gasteiger partial charge >= 0.3 is 5.97 Å². The van der Waals surface area contributed by atoms with Gasteiger partial charge in [0.05, 0.1) is 17.8 Å². The van der Waals surface area contributed by atoms with Gasteiger partial charge in [0.1, 0.15) is 11.5 Å². The van der Waals surface area contributed by atoms with E-state index in [4.69, 9.17) is 21.4 Å². The molecule has 16 heavy (non-hydrogen) atoms. The first-order valence-electron chi connectivity index (χ1n) is 4.41. The molecule has 0 aliphatic heterocycles. The first-order valence-corrected chi connectivity index (χ1v) is 4.79. The van der Waals surface area contributed by atoms with Crippen LogP contribution in [0.2, 0.25) is 5.02 Å². The lowest BCUT2D eigenvalue weighted by molar-refractivity contribution is -0.129. The quantitative estimate of drug-likeness (QED) is 0.627. The number of carbonyl (C=O) groups is 1. The summed E-state index contributed by atoms with van der Waals surface area (Å²) in [5, 5.41) is 12.7. The lowest BCUT2D eigenvalue weighted by Gasteiger charge is -2.05. The van der Waals surface area contributed by atoms with Crippen LogP contribution >= 0.6 is 11.6 Å². The molecule has 5 nitrogen and oxygen atoms in total. The highest BCUT2D eigenvalue weighted by Crippen LogP contribution is 2.27. The predicted octanol–water partition coefficient (Wildman–Crippen LogP) is 2.22. The lowest BCUT2D eigenvalue weighted by atomic mass is 10.3. The summed E-state index contributed by atoms with van der Waals surface area (Å²) >= 11 is 5.83. The predicted molar refractivity (Wildman–Crippen MR) is 62.4 cm³/mol. The number of benzene rings is 1. The van der Waals surface area contributed by atoms with Gasteiger partial charge in [0.2, 0.25) is 0 Å². The van der Waals surface area contributed by atoms with E-state index < -0.39 is 5.97 Å². The topological polar surface area (TPSA) is 70.9 Å². The number of nitrogens with one attached hydrogen (secondary N) is 1. The fourth-order valence-corrected chi connectivity index (χ4v) is 1.12. The van der Waals surface area contributed by atoms with E-state index in [1.54, 1.807) is 18.2 Å². The second-order valence-electron chi connectivity index (χ2n) is 2.96. The Labute approximate surface area is 97.7 Å². The minimum atomic E-state index is -1.08. The molecule has 0 heterocycles. The number of methoxy groups -OCH3 is 1. The van der Waals surface area contributed by atoms with Crippen LogP contribution in [-0.4, -0.2) is 23.9 Å². The number of carboxylic acids is 1. The lowest BCUT2D eigenvalue weighted by Crippen LogP contribution is -2.10. The van der Waals surface area contributed by atoms with Gasteiger partial charge in [-0.05, 0) is 19.1 Å². The molecule has 0 spiro atoms. The van der Waals surface area contributed by atoms with E-state index in [1.807, 2.05) is 0 Å². The molecule has 0 unspecified atom stereocenters. The van der Waals surface area contributed by atoms with Gasteiger partial charge in [0.25, 0.3) is 0 Å². The summed E-state index contributed by atoms with van der Waals surface area (Å²) in [5.74, 6) is -0.580. The number of hydrazone groups is 1. The molecule has 0 aliphatic carbocycles. The van der Waals surface area contributed by atoms with Crippen LogP contribution in [0.4, 0.5) is 5.69 Å². The molecule has 1 aromatic rings. The van der Waals surface area contributed by atoms with Gasteiger partial charge in [-0.25, -0.2) is 4.79 Å². The van der Waals surface area contributed by atoms with Crippen LogP contribution in [0.3, 0.4) is 0 Å². The molecule has 1 rings (SSSR count). The van der Waals surface area contributed by atoms with Gasteiger partial charge < -0.3 is 9.84 Å². The largest absolute Gasteiger partial charge is 0.495 e. The van der Waals surface area contributed by atoms with Crippen molar-refractivity contribution in [1.29, 1.82) is 0 Å². The van der Waals surface area contributed by atoms with Crippen LogP contribution in [0, 0.1) is 0 Å². The summed E-state index contributed by atoms with van der Waals surface area (Å²) in [6, 6.07) is 4.93. The van der Waals surface area contributed by atoms with Gasteiger partial charge in [0.15, 0.2) is 0 Å². The zero-order chi connectivity index (χ0) is 12.1. The van der Waals surface area contributed by atoms with Crippen molar-refractivity contribution in [3.63, 3.8) is 0 Å². The molecule has 0 aromatic heterocycles. The average Bonchev–Trinajstić information content (AvgIpc) is 2.27. The van der Waals surface area contributed by atoms with Crippen LogP contribution < -0.4 is 10.2 Å². The van der Waals surface area contributed by atoms with Gasteiger partial charge in [0, 0.05) is 6.07 Å². The van der Waals surface area contributed by atoms with E-state index >= 15 is 0 Å². The van der Waals surface area contributed by atoms with Crippen molar-refractivity contribution in [2.45, 2.75) is 6.92 Å². The summed E-state index contributed by atoms with van der Waals surface area (Å²) in [6.07, 6.45) is 0. The summed E-state index contributed by atoms with van der Waals surface area (Å²) in [4.78, 5) is 10.5. The van der Waals surface area contributed by atoms with Crippen LogP contribution in [0.25, 0.3) is 0 Å². The van der Waals surface area contributed by atoms with Gasteiger partial charge in [-0.3, -0.25) is 5.43 Å². The number of hydrogen-bond donors (Lipinski definition) is 2. The Morgan fingerprint density at radius 3 is 2.81 bits per heavy atom. The first kappa shape index (κ1) is 12.3. The normalized spacial score (nSPS) is 11.1. The van der Waals surface area contributed by atoms with E-state index in [-0.39, 0.29) is 5.71 Å². The van der Waals surface area contributed by atoms with Crippen molar-refractivity contribution in [3.05, 3.63) is 23.2 Å². The molecule has 6 heteroatoms. The summed E-state index contributed by atoms with van der Waals surface area (Å²) in [6.45, 7) is 1.39. The molecule has 86 valence electrons. The van der Waals surface area contributed by atoms with E-state index in [0.717, 1.165) is 0 Å². The Morgan fingerprint density at radius 2 is 2.25 bits per heavy atom. The van der Waals surface area contributed by atoms with Crippen molar-refractivity contribution >= 4 is 29.0 Å². The molecular formula is C10H11ClN2O3. The van der Waals surface area contributed by atoms with E-state index in [2.05, 4.69) is 10.5 Å². The number of rotatable bonds is 4. The smallest absolute Gasteiger partial charge is 0.351 e. The van der Waals surface area contributed by atoms with Gasteiger partial charge in [-0.15, -0.1) is 0 Å². The molecule has 0 radical (unpaired) electrons. The summed E-state index contributed by atoms with van der Waals surface area (Å²) < 4.78 is 5.00. The van der Waals surface area contributed by atoms with Crippen molar-refractivity contribution in [2.24, 2.45) is 5.10 Å². The van der Waals surface area contributed by atoms with Crippen molar-refractivity contribution in [3.8, 4) is 5.75 Å². The standard InChI is InChI=1S/C10H11ClN2O3/c1-6(10(14)15)12-13-7-3-4-8(11)9(5-7)16-2/h3-5,13H,1-2H3,(H,14,15)/b12-6+. The van der Waals surface area contributed by atoms with Crippen molar-refractivity contribution in [2.75, 3.05) is 12.5 Å².